The Balaban J connectivity index is 1.90. The topological polar surface area (TPSA) is 243 Å². The fourth-order valence-corrected chi connectivity index (χ4v) is 12.9. The number of aromatic hydroxyl groups is 9. The van der Waals surface area contributed by atoms with Gasteiger partial charge >= 0.3 is 0 Å². The van der Waals surface area contributed by atoms with E-state index in [0.29, 0.717) is 42.8 Å². The van der Waals surface area contributed by atoms with Crippen LogP contribution in [0.4, 0.5) is 0 Å². The van der Waals surface area contributed by atoms with E-state index in [-0.39, 0.29) is 24.5 Å². The van der Waals surface area contributed by atoms with Crippen LogP contribution in [0.3, 0.4) is 0 Å². The third-order valence-electron chi connectivity index (χ3n) is 8.73. The van der Waals surface area contributed by atoms with Gasteiger partial charge in [-0.3, -0.25) is 4.79 Å². The molecule has 43 heavy (non-hydrogen) atoms. The van der Waals surface area contributed by atoms with E-state index in [0.717, 1.165) is 0 Å². The van der Waals surface area contributed by atoms with Gasteiger partial charge in [0.05, 0.1) is 11.2 Å². The first-order chi connectivity index (χ1) is 19.9. The fourth-order valence-electron chi connectivity index (χ4n) is 6.63. The third kappa shape index (κ3) is 4.41. The molecule has 0 heterocycles. The summed E-state index contributed by atoms with van der Waals surface area (Å²) in [5.74, 6) is -9.81. The number of phenolic OH excluding ortho intramolecular Hbond substituents is 9. The minimum atomic E-state index is -5.08. The van der Waals surface area contributed by atoms with Crippen molar-refractivity contribution in [2.45, 2.75) is 47.8 Å². The lowest BCUT2D eigenvalue weighted by molar-refractivity contribution is -0.128. The monoisotopic (exact) mass is 638 g/mol. The fraction of sp³-hybridized carbons (Fsp3) is 0.321. The van der Waals surface area contributed by atoms with Gasteiger partial charge in [-0.2, -0.15) is 8.42 Å². The maximum absolute atomic E-state index is 14.2. The van der Waals surface area contributed by atoms with Crippen molar-refractivity contribution in [1.82, 2.24) is 0 Å². The number of carbonyl (C=O) groups is 1. The van der Waals surface area contributed by atoms with E-state index < -0.39 is 103 Å². The van der Waals surface area contributed by atoms with E-state index >= 15 is 0 Å². The average Bonchev–Trinajstić information content (AvgIpc) is 3.15. The molecule has 2 fully saturated rings. The van der Waals surface area contributed by atoms with Crippen LogP contribution in [0.25, 0.3) is 0 Å². The van der Waals surface area contributed by atoms with Gasteiger partial charge in [0, 0.05) is 42.8 Å². The van der Waals surface area contributed by atoms with Crippen molar-refractivity contribution in [2.24, 2.45) is 16.7 Å². The molecule has 5 rings (SSSR count). The summed E-state index contributed by atoms with van der Waals surface area (Å²) in [6, 6.07) is 4.00. The van der Waals surface area contributed by atoms with Gasteiger partial charge in [-0.25, -0.2) is 3.63 Å². The maximum atomic E-state index is 14.2. The number of hydrogen-bond donors (Lipinski definition) is 9. The molecule has 0 aliphatic heterocycles. The summed E-state index contributed by atoms with van der Waals surface area (Å²) in [4.78, 5) is 10.5. The SMILES string of the molecule is CC1(C)C2CCC1(CS(=O)(=O)OS(c1c(O)cc(O)cc1O)(c1c(O)cc(O)cc1O)c1c(O)cc(O)cc1O)C(=O)C2. The molecule has 0 saturated heterocycles. The number of rotatable bonds is 7. The second kappa shape index (κ2) is 9.65. The predicted molar refractivity (Wildman–Crippen MR) is 150 cm³/mol. The summed E-state index contributed by atoms with van der Waals surface area (Å²) >= 11 is 0. The van der Waals surface area contributed by atoms with Gasteiger partial charge in [0.15, 0.2) is 0 Å². The molecule has 0 spiro atoms. The average molecular weight is 639 g/mol. The van der Waals surface area contributed by atoms with Crippen molar-refractivity contribution in [1.29, 1.82) is 0 Å². The molecule has 2 saturated carbocycles. The largest absolute Gasteiger partial charge is 0.508 e. The van der Waals surface area contributed by atoms with Gasteiger partial charge < -0.3 is 46.0 Å². The molecule has 3 aromatic carbocycles. The second-order valence-electron chi connectivity index (χ2n) is 11.4. The van der Waals surface area contributed by atoms with Crippen LogP contribution in [0.5, 0.6) is 51.7 Å². The van der Waals surface area contributed by atoms with E-state index in [1.165, 1.54) is 0 Å². The standard InChI is InChI=1S/C28H30O13S2/c1-27(2)13-3-4-28(27,23(38)5-13)12-42(39,40)41-43(24-17(32)6-14(29)7-18(24)33,25-19(34)8-15(30)9-20(25)35)26-21(36)10-16(31)11-22(26)37/h6-11,13,29-37H,3-5,12H2,1-2H3. The molecule has 0 aromatic heterocycles. The lowest BCUT2D eigenvalue weighted by Crippen LogP contribution is -2.42. The highest BCUT2D eigenvalue weighted by atomic mass is 32.3. The first-order valence-electron chi connectivity index (χ1n) is 12.9. The Labute approximate surface area is 247 Å². The van der Waals surface area contributed by atoms with E-state index in [1.807, 2.05) is 0 Å². The summed E-state index contributed by atoms with van der Waals surface area (Å²) in [6.45, 7) is 3.52. The normalized spacial score (nSPS) is 21.7. The van der Waals surface area contributed by atoms with Gasteiger partial charge in [0.1, 0.15) is 72.2 Å². The minimum Gasteiger partial charge on any atom is -0.508 e. The van der Waals surface area contributed by atoms with Crippen molar-refractivity contribution in [2.75, 3.05) is 5.75 Å². The maximum Gasteiger partial charge on any atom is 0.278 e. The molecule has 2 aliphatic rings. The van der Waals surface area contributed by atoms with Crippen LogP contribution in [0, 0.1) is 16.7 Å². The van der Waals surface area contributed by atoms with Crippen LogP contribution in [0.1, 0.15) is 33.1 Å². The number of phenols is 9. The minimum absolute atomic E-state index is 0.104. The zero-order valence-corrected chi connectivity index (χ0v) is 24.5. The van der Waals surface area contributed by atoms with Crippen LogP contribution >= 0.6 is 10.3 Å². The zero-order chi connectivity index (χ0) is 31.9. The molecule has 2 unspecified atom stereocenters. The highest BCUT2D eigenvalue weighted by Gasteiger charge is 2.66. The summed E-state index contributed by atoms with van der Waals surface area (Å²) in [5.41, 5.74) is -2.20. The summed E-state index contributed by atoms with van der Waals surface area (Å²) in [6.07, 6.45) is 0.902. The Morgan fingerprint density at radius 2 is 1.05 bits per heavy atom. The summed E-state index contributed by atoms with van der Waals surface area (Å²) < 4.78 is 34.3. The number of fused-ring (bicyclic) bond motifs is 2. The smallest absolute Gasteiger partial charge is 0.278 e. The molecule has 15 heteroatoms. The molecule has 0 amide bonds. The highest BCUT2D eigenvalue weighted by Crippen LogP contribution is 2.80. The summed E-state index contributed by atoms with van der Waals surface area (Å²) in [7, 11) is -9.76. The molecule has 2 bridgehead atoms. The predicted octanol–water partition coefficient (Wildman–Crippen LogP) is 3.98. The van der Waals surface area contributed by atoms with E-state index in [4.69, 9.17) is 3.63 Å². The summed E-state index contributed by atoms with van der Waals surface area (Å²) in [5, 5.41) is 96.4. The first kappa shape index (κ1) is 30.3. The second-order valence-corrected chi connectivity index (χ2v) is 15.7. The highest BCUT2D eigenvalue weighted by molar-refractivity contribution is 8.33. The van der Waals surface area contributed by atoms with E-state index in [2.05, 4.69) is 0 Å². The third-order valence-corrected chi connectivity index (χ3v) is 14.2. The molecule has 9 N–H and O–H groups in total. The first-order valence-corrected chi connectivity index (χ1v) is 16.0. The lowest BCUT2D eigenvalue weighted by atomic mass is 9.70. The molecule has 3 aromatic rings. The van der Waals surface area contributed by atoms with E-state index in [1.54, 1.807) is 13.8 Å². The number of benzene rings is 3. The van der Waals surface area contributed by atoms with Crippen molar-refractivity contribution < 1.29 is 62.8 Å². The lowest BCUT2D eigenvalue weighted by Gasteiger charge is -2.42. The Kier molecular flexibility index (Phi) is 6.79. The van der Waals surface area contributed by atoms with Gasteiger partial charge in [0.2, 0.25) is 0 Å². The van der Waals surface area contributed by atoms with Crippen LogP contribution in [-0.4, -0.2) is 65.9 Å². The zero-order valence-electron chi connectivity index (χ0n) is 22.8. The van der Waals surface area contributed by atoms with Crippen molar-refractivity contribution >= 4 is 26.2 Å². The van der Waals surface area contributed by atoms with Crippen molar-refractivity contribution in [3.05, 3.63) is 36.4 Å². The number of Topliss-reactive ketones (excluding diaryl/α,β-unsaturated/α-hetero) is 1. The Morgan fingerprint density at radius 1 is 0.698 bits per heavy atom. The Hall–Kier alpha value is -4.21. The van der Waals surface area contributed by atoms with Gasteiger partial charge in [-0.1, -0.05) is 13.8 Å². The number of hydrogen-bond acceptors (Lipinski definition) is 13. The molecular weight excluding hydrogens is 608 g/mol. The van der Waals surface area contributed by atoms with Gasteiger partial charge in [-0.05, 0) is 34.5 Å². The molecular formula is C28H30O13S2. The Bertz CT molecular complexity index is 1570. The van der Waals surface area contributed by atoms with Crippen LogP contribution in [0.2, 0.25) is 0 Å². The Morgan fingerprint density at radius 3 is 1.33 bits per heavy atom. The molecule has 232 valence electrons. The molecule has 13 nitrogen and oxygen atoms in total. The number of ketones is 1. The van der Waals surface area contributed by atoms with Gasteiger partial charge in [0.25, 0.3) is 10.1 Å². The van der Waals surface area contributed by atoms with Gasteiger partial charge in [-0.15, -0.1) is 0 Å². The number of carbonyl (C=O) groups excluding carboxylic acids is 1. The van der Waals surface area contributed by atoms with Crippen LogP contribution in [-0.2, 0) is 18.5 Å². The van der Waals surface area contributed by atoms with Crippen molar-refractivity contribution in [3.63, 3.8) is 0 Å². The quantitative estimate of drug-likeness (QED) is 0.178. The molecule has 0 radical (unpaired) electrons. The molecule has 2 atom stereocenters. The van der Waals surface area contributed by atoms with Crippen molar-refractivity contribution in [3.8, 4) is 51.7 Å². The van der Waals surface area contributed by atoms with Crippen LogP contribution in [0.15, 0.2) is 51.1 Å². The molecule has 2 aliphatic carbocycles. The van der Waals surface area contributed by atoms with Crippen LogP contribution < -0.4 is 0 Å². The van der Waals surface area contributed by atoms with E-state index in [9.17, 15) is 59.2 Å².